The Kier molecular flexibility index (Phi) is 4.51. The summed E-state index contributed by atoms with van der Waals surface area (Å²) in [5, 5.41) is 12.6. The molecule has 1 aliphatic rings. The summed E-state index contributed by atoms with van der Waals surface area (Å²) in [5.41, 5.74) is 0.703. The maximum atomic E-state index is 13.0. The second-order valence-corrected chi connectivity index (χ2v) is 7.00. The number of aromatic nitrogens is 1. The summed E-state index contributed by atoms with van der Waals surface area (Å²) in [6, 6.07) is 14.5. The smallest absolute Gasteiger partial charge is 0.265 e. The van der Waals surface area contributed by atoms with Gasteiger partial charge in [0.15, 0.2) is 0 Å². The van der Waals surface area contributed by atoms with Crippen LogP contribution in [-0.4, -0.2) is 21.9 Å². The Morgan fingerprint density at radius 3 is 2.42 bits per heavy atom. The highest BCUT2D eigenvalue weighted by molar-refractivity contribution is 6.32. The van der Waals surface area contributed by atoms with Crippen molar-refractivity contribution in [2.75, 3.05) is 0 Å². The van der Waals surface area contributed by atoms with Gasteiger partial charge in [0.25, 0.3) is 5.56 Å². The van der Waals surface area contributed by atoms with Gasteiger partial charge in [0.05, 0.1) is 16.3 Å². The van der Waals surface area contributed by atoms with E-state index in [4.69, 9.17) is 11.6 Å². The molecule has 0 amide bonds. The largest absolute Gasteiger partial charge is 0.494 e. The molecule has 1 heterocycles. The van der Waals surface area contributed by atoms with E-state index < -0.39 is 0 Å². The Balaban J connectivity index is 1.98. The van der Waals surface area contributed by atoms with Crippen molar-refractivity contribution in [1.82, 2.24) is 4.57 Å². The molecule has 0 atom stereocenters. The lowest BCUT2D eigenvalue weighted by Gasteiger charge is -2.15. The second kappa shape index (κ2) is 6.96. The average molecular weight is 367 g/mol. The lowest BCUT2D eigenvalue weighted by atomic mass is 10.1. The van der Waals surface area contributed by atoms with E-state index in [0.29, 0.717) is 27.0 Å². The first-order valence-electron chi connectivity index (χ1n) is 8.81. The van der Waals surface area contributed by atoms with Gasteiger partial charge in [-0.15, -0.1) is 0 Å². The zero-order valence-corrected chi connectivity index (χ0v) is 15.0. The molecule has 2 aromatic carbocycles. The highest BCUT2D eigenvalue weighted by Crippen LogP contribution is 2.29. The van der Waals surface area contributed by atoms with Gasteiger partial charge >= 0.3 is 0 Å². The van der Waals surface area contributed by atoms with Crippen LogP contribution in [0.1, 0.15) is 31.2 Å². The van der Waals surface area contributed by atoms with E-state index in [9.17, 15) is 9.90 Å². The number of fused-ring (bicyclic) bond motifs is 1. The highest BCUT2D eigenvalue weighted by Gasteiger charge is 2.18. The molecule has 0 spiro atoms. The molecule has 0 bridgehead atoms. The van der Waals surface area contributed by atoms with Gasteiger partial charge < -0.3 is 5.11 Å². The summed E-state index contributed by atoms with van der Waals surface area (Å²) in [6.45, 7) is 0. The normalized spacial score (nSPS) is 15.3. The molecule has 0 aliphatic heterocycles. The summed E-state index contributed by atoms with van der Waals surface area (Å²) < 4.78 is 1.26. The van der Waals surface area contributed by atoms with E-state index >= 15 is 0 Å². The summed E-state index contributed by atoms with van der Waals surface area (Å²) in [6.07, 6.45) is 6.22. The number of aromatic hydroxyl groups is 1. The third kappa shape index (κ3) is 2.90. The topological polar surface area (TPSA) is 54.6 Å². The van der Waals surface area contributed by atoms with E-state index in [1.165, 1.54) is 17.4 Å². The van der Waals surface area contributed by atoms with Gasteiger partial charge in [-0.3, -0.25) is 9.79 Å². The Morgan fingerprint density at radius 1 is 1.04 bits per heavy atom. The van der Waals surface area contributed by atoms with E-state index in [2.05, 4.69) is 4.99 Å². The van der Waals surface area contributed by atoms with Crippen molar-refractivity contribution in [3.05, 3.63) is 69.5 Å². The minimum absolute atomic E-state index is 0.136. The molecule has 0 saturated heterocycles. The fraction of sp³-hybridized carbons (Fsp3) is 0.238. The van der Waals surface area contributed by atoms with Crippen molar-refractivity contribution in [2.45, 2.75) is 31.7 Å². The van der Waals surface area contributed by atoms with Crippen LogP contribution >= 0.6 is 11.6 Å². The van der Waals surface area contributed by atoms with Crippen molar-refractivity contribution in [3.8, 4) is 11.6 Å². The lowest BCUT2D eigenvalue weighted by molar-refractivity contribution is 0.436. The zero-order valence-electron chi connectivity index (χ0n) is 14.2. The van der Waals surface area contributed by atoms with Crippen LogP contribution in [0.4, 0.5) is 0 Å². The van der Waals surface area contributed by atoms with Gasteiger partial charge in [-0.1, -0.05) is 54.8 Å². The molecular weight excluding hydrogens is 348 g/mol. The number of halogens is 1. The maximum absolute atomic E-state index is 13.0. The van der Waals surface area contributed by atoms with Crippen molar-refractivity contribution in [2.24, 2.45) is 4.99 Å². The van der Waals surface area contributed by atoms with Gasteiger partial charge in [0.2, 0.25) is 5.88 Å². The minimum atomic E-state index is -0.302. The molecule has 5 heteroatoms. The molecule has 0 unspecified atom stereocenters. The highest BCUT2D eigenvalue weighted by atomic mass is 35.5. The predicted octanol–water partition coefficient (Wildman–Crippen LogP) is 4.71. The first-order chi connectivity index (χ1) is 12.7. The molecule has 132 valence electrons. The Bertz CT molecular complexity index is 1050. The maximum Gasteiger partial charge on any atom is 0.265 e. The number of benzene rings is 2. The second-order valence-electron chi connectivity index (χ2n) is 6.59. The summed E-state index contributed by atoms with van der Waals surface area (Å²) in [4.78, 5) is 17.7. The third-order valence-electron chi connectivity index (χ3n) is 4.94. The number of para-hydroxylation sites is 1. The first-order valence-corrected chi connectivity index (χ1v) is 9.19. The van der Waals surface area contributed by atoms with Crippen LogP contribution in [-0.2, 0) is 0 Å². The van der Waals surface area contributed by atoms with E-state index in [0.717, 1.165) is 12.8 Å². The lowest BCUT2D eigenvalue weighted by Crippen LogP contribution is -2.20. The standard InChI is InChI=1S/C21H19ClN2O2/c22-18-11-5-6-12-19(18)24-20(25)16-10-4-3-9-15(16)17(21(24)26)13-23-14-7-1-2-8-14/h3-6,9-14,26H,1-2,7-8H2. The zero-order chi connectivity index (χ0) is 18.1. The monoisotopic (exact) mass is 366 g/mol. The number of pyridine rings is 1. The molecule has 1 aliphatic carbocycles. The van der Waals surface area contributed by atoms with Gasteiger partial charge in [0.1, 0.15) is 0 Å². The number of rotatable bonds is 3. The fourth-order valence-corrected chi connectivity index (χ4v) is 3.80. The van der Waals surface area contributed by atoms with Gasteiger partial charge in [-0.05, 0) is 31.0 Å². The molecule has 3 aromatic rings. The van der Waals surface area contributed by atoms with Crippen molar-refractivity contribution in [1.29, 1.82) is 0 Å². The molecule has 0 radical (unpaired) electrons. The number of nitrogens with zero attached hydrogens (tertiary/aromatic N) is 2. The summed E-state index contributed by atoms with van der Waals surface area (Å²) in [7, 11) is 0. The van der Waals surface area contributed by atoms with Crippen molar-refractivity contribution < 1.29 is 5.11 Å². The van der Waals surface area contributed by atoms with Crippen LogP contribution in [0.25, 0.3) is 16.5 Å². The van der Waals surface area contributed by atoms with E-state index in [-0.39, 0.29) is 17.5 Å². The van der Waals surface area contributed by atoms with Gasteiger partial charge in [0, 0.05) is 23.0 Å². The van der Waals surface area contributed by atoms with E-state index in [1.54, 1.807) is 36.5 Å². The Hall–Kier alpha value is -2.59. The number of hydrogen-bond acceptors (Lipinski definition) is 3. The molecule has 4 rings (SSSR count). The average Bonchev–Trinajstić information content (AvgIpc) is 3.17. The predicted molar refractivity (Wildman–Crippen MR) is 106 cm³/mol. The van der Waals surface area contributed by atoms with Gasteiger partial charge in [-0.25, -0.2) is 4.57 Å². The van der Waals surface area contributed by atoms with E-state index in [1.807, 2.05) is 18.2 Å². The van der Waals surface area contributed by atoms with Crippen LogP contribution in [0.15, 0.2) is 58.3 Å². The van der Waals surface area contributed by atoms with Crippen LogP contribution in [0.5, 0.6) is 5.88 Å². The van der Waals surface area contributed by atoms with Crippen molar-refractivity contribution >= 4 is 28.6 Å². The molecule has 1 fully saturated rings. The van der Waals surface area contributed by atoms with Gasteiger partial charge in [-0.2, -0.15) is 0 Å². The van der Waals surface area contributed by atoms with Crippen LogP contribution in [0.2, 0.25) is 5.02 Å². The fourth-order valence-electron chi connectivity index (χ4n) is 3.58. The Morgan fingerprint density at radius 2 is 1.69 bits per heavy atom. The number of aliphatic imine (C=N–C) groups is 1. The molecule has 1 aromatic heterocycles. The first kappa shape index (κ1) is 16.9. The minimum Gasteiger partial charge on any atom is -0.494 e. The SMILES string of the molecule is O=c1c2ccccc2c(C=NC2CCCC2)c(O)n1-c1ccccc1Cl. The van der Waals surface area contributed by atoms with Crippen molar-refractivity contribution in [3.63, 3.8) is 0 Å². The number of hydrogen-bond donors (Lipinski definition) is 1. The summed E-state index contributed by atoms with van der Waals surface area (Å²) >= 11 is 6.28. The Labute approximate surface area is 156 Å². The molecular formula is C21H19ClN2O2. The van der Waals surface area contributed by atoms with Crippen LogP contribution in [0.3, 0.4) is 0 Å². The molecule has 1 N–H and O–H groups in total. The van der Waals surface area contributed by atoms with Crippen LogP contribution in [0, 0.1) is 0 Å². The third-order valence-corrected chi connectivity index (χ3v) is 5.26. The molecule has 1 saturated carbocycles. The van der Waals surface area contributed by atoms with Crippen LogP contribution < -0.4 is 5.56 Å². The molecule has 26 heavy (non-hydrogen) atoms. The molecule has 4 nitrogen and oxygen atoms in total. The quantitative estimate of drug-likeness (QED) is 0.682. The summed E-state index contributed by atoms with van der Waals surface area (Å²) in [5.74, 6) is -0.136.